The summed E-state index contributed by atoms with van der Waals surface area (Å²) in [5.41, 5.74) is 5.92. The van der Waals surface area contributed by atoms with Crippen LogP contribution in [-0.4, -0.2) is 5.97 Å². The summed E-state index contributed by atoms with van der Waals surface area (Å²) in [7, 11) is 0. The second kappa shape index (κ2) is 13.5. The van der Waals surface area contributed by atoms with Gasteiger partial charge in [-0.2, -0.15) is 5.11 Å². The van der Waals surface area contributed by atoms with E-state index in [2.05, 4.69) is 64.6 Å². The van der Waals surface area contributed by atoms with Gasteiger partial charge in [-0.1, -0.05) is 86.5 Å². The highest BCUT2D eigenvalue weighted by Crippen LogP contribution is 2.37. The fourth-order valence-electron chi connectivity index (χ4n) is 6.41. The Hall–Kier alpha value is -5.49. The molecular weight excluding hydrogens is 580 g/mol. The average molecular weight is 617 g/mol. The third-order valence-corrected chi connectivity index (χ3v) is 9.22. The lowest BCUT2D eigenvalue weighted by molar-refractivity contribution is 0.0734. The van der Waals surface area contributed by atoms with Crippen molar-refractivity contribution in [2.24, 2.45) is 26.4 Å². The van der Waals surface area contributed by atoms with E-state index in [1.54, 1.807) is 24.3 Å². The number of azo groups is 2. The minimum absolute atomic E-state index is 0.401. The third-order valence-electron chi connectivity index (χ3n) is 9.22. The number of rotatable bonds is 7. The lowest BCUT2D eigenvalue weighted by atomic mass is 9.79. The molecule has 0 spiro atoms. The molecule has 6 aromatic carbocycles. The Morgan fingerprint density at radius 2 is 1.09 bits per heavy atom. The number of ether oxygens (including phenoxy) is 1. The number of fused-ring (bicyclic) bond motifs is 2. The number of carbonyl (C=O) groups is 1. The van der Waals surface area contributed by atoms with Gasteiger partial charge in [0.05, 0.1) is 28.3 Å². The molecule has 0 aromatic heterocycles. The van der Waals surface area contributed by atoms with Gasteiger partial charge in [0.15, 0.2) is 0 Å². The minimum Gasteiger partial charge on any atom is -0.423 e. The molecule has 6 aromatic rings. The lowest BCUT2D eigenvalue weighted by Gasteiger charge is -2.26. The molecule has 0 heterocycles. The summed E-state index contributed by atoms with van der Waals surface area (Å²) in [5, 5.41) is 22.4. The van der Waals surface area contributed by atoms with Crippen LogP contribution in [0.1, 0.15) is 60.0 Å². The Morgan fingerprint density at radius 3 is 1.68 bits per heavy atom. The number of hydrogen-bond acceptors (Lipinski definition) is 6. The Labute approximate surface area is 274 Å². The van der Waals surface area contributed by atoms with Gasteiger partial charge < -0.3 is 4.74 Å². The minimum atomic E-state index is -0.401. The van der Waals surface area contributed by atoms with E-state index in [0.717, 1.165) is 39.1 Å². The number of benzene rings is 6. The number of aryl methyl sites for hydroxylation is 1. The molecular formula is C41H36N4O2. The van der Waals surface area contributed by atoms with E-state index in [1.165, 1.54) is 42.2 Å². The van der Waals surface area contributed by atoms with E-state index in [9.17, 15) is 4.79 Å². The summed E-state index contributed by atoms with van der Waals surface area (Å²) in [6.45, 7) is 4.43. The van der Waals surface area contributed by atoms with E-state index < -0.39 is 5.97 Å². The summed E-state index contributed by atoms with van der Waals surface area (Å²) in [6.07, 6.45) is 5.01. The molecule has 232 valence electrons. The number of nitrogens with zero attached hydrogens (tertiary/aromatic N) is 4. The molecule has 0 N–H and O–H groups in total. The van der Waals surface area contributed by atoms with Crippen LogP contribution in [0.5, 0.6) is 5.75 Å². The van der Waals surface area contributed by atoms with Crippen LogP contribution in [0.3, 0.4) is 0 Å². The molecule has 1 aliphatic rings. The first-order valence-corrected chi connectivity index (χ1v) is 16.3. The van der Waals surface area contributed by atoms with E-state index >= 15 is 0 Å². The van der Waals surface area contributed by atoms with Crippen molar-refractivity contribution >= 4 is 50.3 Å². The molecule has 47 heavy (non-hydrogen) atoms. The standard InChI is InChI=1S/C41H36N4O2/c1-27-11-14-29(15-12-27)30-18-22-33(23-19-30)47-41(46)31-16-20-32(21-17-31)42-43-39-25-26-40(37-10-6-5-9-36(37)39)45-44-38-24-13-28(2)34-7-3-4-8-35(34)38/h3-10,13,16-27,29H,11-12,14-15H2,1-2H3. The van der Waals surface area contributed by atoms with Crippen LogP contribution in [0.15, 0.2) is 142 Å². The van der Waals surface area contributed by atoms with Crippen molar-refractivity contribution in [1.82, 2.24) is 0 Å². The molecule has 0 bridgehead atoms. The van der Waals surface area contributed by atoms with Gasteiger partial charge >= 0.3 is 5.97 Å². The lowest BCUT2D eigenvalue weighted by Crippen LogP contribution is -2.11. The summed E-state index contributed by atoms with van der Waals surface area (Å²) >= 11 is 0. The Morgan fingerprint density at radius 1 is 0.574 bits per heavy atom. The van der Waals surface area contributed by atoms with Gasteiger partial charge in [0.2, 0.25) is 0 Å². The van der Waals surface area contributed by atoms with Gasteiger partial charge in [-0.05, 0) is 103 Å². The molecule has 6 nitrogen and oxygen atoms in total. The van der Waals surface area contributed by atoms with Crippen LogP contribution in [0, 0.1) is 12.8 Å². The molecule has 0 radical (unpaired) electrons. The molecule has 0 aliphatic heterocycles. The summed E-state index contributed by atoms with van der Waals surface area (Å²) in [4.78, 5) is 12.8. The maximum absolute atomic E-state index is 12.8. The predicted octanol–water partition coefficient (Wildman–Crippen LogP) is 12.6. The van der Waals surface area contributed by atoms with Gasteiger partial charge in [0.25, 0.3) is 0 Å². The highest BCUT2D eigenvalue weighted by atomic mass is 16.5. The summed E-state index contributed by atoms with van der Waals surface area (Å²) in [6, 6.07) is 39.1. The van der Waals surface area contributed by atoms with Crippen molar-refractivity contribution in [1.29, 1.82) is 0 Å². The highest BCUT2D eigenvalue weighted by molar-refractivity contribution is 6.00. The van der Waals surface area contributed by atoms with Crippen molar-refractivity contribution < 1.29 is 9.53 Å². The fraction of sp³-hybridized carbons (Fsp3) is 0.195. The van der Waals surface area contributed by atoms with Crippen molar-refractivity contribution in [3.05, 3.63) is 138 Å². The van der Waals surface area contributed by atoms with Crippen LogP contribution in [0.4, 0.5) is 22.7 Å². The molecule has 7 rings (SSSR count). The van der Waals surface area contributed by atoms with E-state index in [-0.39, 0.29) is 0 Å². The zero-order valence-electron chi connectivity index (χ0n) is 26.6. The molecule has 1 saturated carbocycles. The normalized spacial score (nSPS) is 16.7. The van der Waals surface area contributed by atoms with Gasteiger partial charge in [0, 0.05) is 16.2 Å². The fourth-order valence-corrected chi connectivity index (χ4v) is 6.41. The molecule has 0 unspecified atom stereocenters. The maximum Gasteiger partial charge on any atom is 0.343 e. The van der Waals surface area contributed by atoms with E-state index in [4.69, 9.17) is 4.74 Å². The number of carbonyl (C=O) groups excluding carboxylic acids is 1. The van der Waals surface area contributed by atoms with Gasteiger partial charge in [-0.15, -0.1) is 15.3 Å². The first-order chi connectivity index (χ1) is 23.0. The summed E-state index contributed by atoms with van der Waals surface area (Å²) < 4.78 is 5.65. The maximum atomic E-state index is 12.8. The van der Waals surface area contributed by atoms with Crippen molar-refractivity contribution in [2.75, 3.05) is 0 Å². The average Bonchev–Trinajstić information content (AvgIpc) is 3.12. The van der Waals surface area contributed by atoms with Crippen LogP contribution in [0.25, 0.3) is 21.5 Å². The Kier molecular flexibility index (Phi) is 8.65. The third kappa shape index (κ3) is 6.73. The van der Waals surface area contributed by atoms with Crippen LogP contribution < -0.4 is 4.74 Å². The van der Waals surface area contributed by atoms with Crippen LogP contribution in [-0.2, 0) is 0 Å². The number of esters is 1. The zero-order chi connectivity index (χ0) is 32.2. The van der Waals surface area contributed by atoms with Gasteiger partial charge in [-0.3, -0.25) is 0 Å². The van der Waals surface area contributed by atoms with Crippen LogP contribution in [0.2, 0.25) is 0 Å². The molecule has 0 amide bonds. The number of hydrogen-bond donors (Lipinski definition) is 0. The largest absolute Gasteiger partial charge is 0.423 e. The first kappa shape index (κ1) is 30.2. The molecule has 1 aliphatic carbocycles. The highest BCUT2D eigenvalue weighted by Gasteiger charge is 2.20. The van der Waals surface area contributed by atoms with E-state index in [1.807, 2.05) is 66.7 Å². The van der Waals surface area contributed by atoms with E-state index in [0.29, 0.717) is 22.9 Å². The van der Waals surface area contributed by atoms with Gasteiger partial charge in [-0.25, -0.2) is 4.79 Å². The second-order valence-electron chi connectivity index (χ2n) is 12.5. The molecule has 6 heteroatoms. The Balaban J connectivity index is 1.04. The summed E-state index contributed by atoms with van der Waals surface area (Å²) in [5.74, 6) is 1.57. The predicted molar refractivity (Wildman–Crippen MR) is 189 cm³/mol. The zero-order valence-corrected chi connectivity index (χ0v) is 26.6. The van der Waals surface area contributed by atoms with Crippen molar-refractivity contribution in [3.63, 3.8) is 0 Å². The quantitative estimate of drug-likeness (QED) is 0.102. The molecule has 0 atom stereocenters. The van der Waals surface area contributed by atoms with Gasteiger partial charge in [0.1, 0.15) is 5.75 Å². The van der Waals surface area contributed by atoms with Crippen molar-refractivity contribution in [2.45, 2.75) is 45.4 Å². The second-order valence-corrected chi connectivity index (χ2v) is 12.5. The Bertz CT molecular complexity index is 2110. The molecule has 1 fully saturated rings. The SMILES string of the molecule is Cc1ccc(N=Nc2ccc(N=Nc3ccc(C(=O)Oc4ccc(C5CCC(C)CC5)cc4)cc3)c3ccccc23)c2ccccc12. The monoisotopic (exact) mass is 616 g/mol. The molecule has 0 saturated heterocycles. The smallest absolute Gasteiger partial charge is 0.343 e. The van der Waals surface area contributed by atoms with Crippen LogP contribution >= 0.6 is 0 Å². The first-order valence-electron chi connectivity index (χ1n) is 16.3. The topological polar surface area (TPSA) is 75.7 Å². The van der Waals surface area contributed by atoms with Crippen molar-refractivity contribution in [3.8, 4) is 5.75 Å².